The zero-order valence-electron chi connectivity index (χ0n) is 17.9. The molecule has 7 nitrogen and oxygen atoms in total. The number of carbonyl (C=O) groups excluding carboxylic acids is 2. The molecule has 0 aliphatic carbocycles. The predicted molar refractivity (Wildman–Crippen MR) is 117 cm³/mol. The summed E-state index contributed by atoms with van der Waals surface area (Å²) in [6.07, 6.45) is 0.971. The number of amides is 2. The summed E-state index contributed by atoms with van der Waals surface area (Å²) in [6, 6.07) is 9.14. The Morgan fingerprint density at radius 1 is 1.03 bits per heavy atom. The molecule has 2 aliphatic rings. The second-order valence-electron chi connectivity index (χ2n) is 8.02. The molecular formula is C23H26F2N4O3. The average Bonchev–Trinajstić information content (AvgIpc) is 3.17. The molecule has 1 fully saturated rings. The van der Waals surface area contributed by atoms with Gasteiger partial charge in [-0.05, 0) is 35.7 Å². The van der Waals surface area contributed by atoms with Crippen LogP contribution in [-0.2, 0) is 20.7 Å². The number of hydrogen-bond acceptors (Lipinski definition) is 5. The van der Waals surface area contributed by atoms with Crippen LogP contribution >= 0.6 is 0 Å². The van der Waals surface area contributed by atoms with Crippen molar-refractivity contribution in [1.82, 2.24) is 10.2 Å². The molecule has 2 aromatic carbocycles. The molecule has 170 valence electrons. The van der Waals surface area contributed by atoms with Crippen molar-refractivity contribution in [3.63, 3.8) is 0 Å². The number of morpholine rings is 1. The van der Waals surface area contributed by atoms with Crippen LogP contribution in [-0.4, -0.2) is 63.2 Å². The number of nitrogens with zero attached hydrogens (tertiary/aromatic N) is 2. The van der Waals surface area contributed by atoms with Crippen LogP contribution in [0.2, 0.25) is 0 Å². The van der Waals surface area contributed by atoms with E-state index in [4.69, 9.17) is 4.74 Å². The number of ether oxygens (including phenoxy) is 1. The summed E-state index contributed by atoms with van der Waals surface area (Å²) in [7, 11) is 2.07. The van der Waals surface area contributed by atoms with E-state index in [-0.39, 0.29) is 18.3 Å². The first kappa shape index (κ1) is 22.2. The van der Waals surface area contributed by atoms with Gasteiger partial charge in [0.25, 0.3) is 0 Å². The SMILES string of the molecule is CN1CCc2cc([C@@H](CNC(=O)C(=O)Nc3ccc(F)c(F)c3)N3CCOCC3)ccc21. The fourth-order valence-corrected chi connectivity index (χ4v) is 4.17. The van der Waals surface area contributed by atoms with Crippen LogP contribution in [0.1, 0.15) is 17.2 Å². The van der Waals surface area contributed by atoms with E-state index in [9.17, 15) is 18.4 Å². The molecule has 0 saturated carbocycles. The predicted octanol–water partition coefficient (Wildman–Crippen LogP) is 2.09. The minimum absolute atomic E-state index is 0.0107. The van der Waals surface area contributed by atoms with Crippen molar-refractivity contribution in [3.8, 4) is 0 Å². The van der Waals surface area contributed by atoms with Gasteiger partial charge in [0.2, 0.25) is 0 Å². The Morgan fingerprint density at radius 3 is 2.56 bits per heavy atom. The summed E-state index contributed by atoms with van der Waals surface area (Å²) < 4.78 is 31.9. The van der Waals surface area contributed by atoms with Crippen molar-refractivity contribution in [2.45, 2.75) is 12.5 Å². The fraction of sp³-hybridized carbons (Fsp3) is 0.391. The lowest BCUT2D eigenvalue weighted by atomic mass is 10.0. The lowest BCUT2D eigenvalue weighted by Crippen LogP contribution is -2.45. The Kier molecular flexibility index (Phi) is 6.66. The number of carbonyl (C=O) groups is 2. The van der Waals surface area contributed by atoms with Gasteiger partial charge in [0.05, 0.1) is 19.3 Å². The summed E-state index contributed by atoms with van der Waals surface area (Å²) in [5.74, 6) is -3.90. The summed E-state index contributed by atoms with van der Waals surface area (Å²) in [6.45, 7) is 3.86. The number of anilines is 2. The molecular weight excluding hydrogens is 418 g/mol. The zero-order valence-corrected chi connectivity index (χ0v) is 17.9. The molecule has 1 atom stereocenters. The highest BCUT2D eigenvalue weighted by Gasteiger charge is 2.26. The molecule has 0 spiro atoms. The summed E-state index contributed by atoms with van der Waals surface area (Å²) in [4.78, 5) is 29.1. The van der Waals surface area contributed by atoms with E-state index in [2.05, 4.69) is 45.7 Å². The monoisotopic (exact) mass is 444 g/mol. The Labute approximate surface area is 185 Å². The molecule has 0 aromatic heterocycles. The number of benzene rings is 2. The maximum atomic E-state index is 13.4. The van der Waals surface area contributed by atoms with Crippen molar-refractivity contribution in [2.24, 2.45) is 0 Å². The van der Waals surface area contributed by atoms with Gasteiger partial charge in [-0.15, -0.1) is 0 Å². The Bertz CT molecular complexity index is 1010. The van der Waals surface area contributed by atoms with Gasteiger partial charge < -0.3 is 20.3 Å². The number of fused-ring (bicyclic) bond motifs is 1. The minimum Gasteiger partial charge on any atom is -0.379 e. The molecule has 0 radical (unpaired) electrons. The first-order chi connectivity index (χ1) is 15.4. The first-order valence-electron chi connectivity index (χ1n) is 10.6. The molecule has 9 heteroatoms. The van der Waals surface area contributed by atoms with Gasteiger partial charge in [-0.3, -0.25) is 14.5 Å². The van der Waals surface area contributed by atoms with Gasteiger partial charge in [-0.25, -0.2) is 8.78 Å². The van der Waals surface area contributed by atoms with Crippen molar-refractivity contribution < 1.29 is 23.1 Å². The number of nitrogens with one attached hydrogen (secondary N) is 2. The third-order valence-electron chi connectivity index (χ3n) is 5.94. The Morgan fingerprint density at radius 2 is 1.81 bits per heavy atom. The van der Waals surface area contributed by atoms with Crippen LogP contribution in [0, 0.1) is 11.6 Å². The third kappa shape index (κ3) is 4.89. The van der Waals surface area contributed by atoms with Gasteiger partial charge in [0, 0.05) is 50.7 Å². The van der Waals surface area contributed by atoms with Gasteiger partial charge in [0.15, 0.2) is 11.6 Å². The topological polar surface area (TPSA) is 73.9 Å². The normalized spacial score (nSPS) is 17.0. The molecule has 0 bridgehead atoms. The number of halogens is 2. The molecule has 2 heterocycles. The van der Waals surface area contributed by atoms with Gasteiger partial charge in [-0.2, -0.15) is 0 Å². The van der Waals surface area contributed by atoms with E-state index in [0.717, 1.165) is 43.8 Å². The van der Waals surface area contributed by atoms with Crippen molar-refractivity contribution in [3.05, 3.63) is 59.2 Å². The second kappa shape index (κ2) is 9.62. The van der Waals surface area contributed by atoms with Gasteiger partial charge >= 0.3 is 11.8 Å². The average molecular weight is 444 g/mol. The maximum Gasteiger partial charge on any atom is 0.313 e. The fourth-order valence-electron chi connectivity index (χ4n) is 4.17. The van der Waals surface area contributed by atoms with E-state index < -0.39 is 23.4 Å². The second-order valence-corrected chi connectivity index (χ2v) is 8.02. The van der Waals surface area contributed by atoms with Gasteiger partial charge in [0.1, 0.15) is 0 Å². The molecule has 2 amide bonds. The summed E-state index contributed by atoms with van der Waals surface area (Å²) in [5.41, 5.74) is 3.56. The number of hydrogen-bond donors (Lipinski definition) is 2. The van der Waals surface area contributed by atoms with Gasteiger partial charge in [-0.1, -0.05) is 12.1 Å². The van der Waals surface area contributed by atoms with Crippen LogP contribution < -0.4 is 15.5 Å². The third-order valence-corrected chi connectivity index (χ3v) is 5.94. The number of likely N-dealkylation sites (N-methyl/N-ethyl adjacent to an activating group) is 1. The molecule has 1 saturated heterocycles. The van der Waals surface area contributed by atoms with Crippen LogP contribution in [0.5, 0.6) is 0 Å². The highest BCUT2D eigenvalue weighted by Crippen LogP contribution is 2.31. The molecule has 0 unspecified atom stereocenters. The number of rotatable bonds is 5. The molecule has 2 aliphatic heterocycles. The lowest BCUT2D eigenvalue weighted by molar-refractivity contribution is -0.136. The molecule has 32 heavy (non-hydrogen) atoms. The highest BCUT2D eigenvalue weighted by atomic mass is 19.2. The Balaban J connectivity index is 1.44. The quantitative estimate of drug-likeness (QED) is 0.691. The standard InChI is InChI=1S/C23H26F2N4O3/c1-28-7-6-16-12-15(2-5-20(16)28)21(29-8-10-32-11-9-29)14-26-22(30)23(31)27-17-3-4-18(24)19(25)13-17/h2-5,12-13,21H,6-11,14H2,1H3,(H,26,30)(H,27,31)/t21-/m1/s1. The van der Waals surface area contributed by atoms with E-state index >= 15 is 0 Å². The minimum atomic E-state index is -1.10. The largest absolute Gasteiger partial charge is 0.379 e. The van der Waals surface area contributed by atoms with E-state index in [1.54, 1.807) is 0 Å². The lowest BCUT2D eigenvalue weighted by Gasteiger charge is -2.35. The summed E-state index contributed by atoms with van der Waals surface area (Å²) >= 11 is 0. The highest BCUT2D eigenvalue weighted by molar-refractivity contribution is 6.39. The summed E-state index contributed by atoms with van der Waals surface area (Å²) in [5, 5.41) is 4.98. The van der Waals surface area contributed by atoms with Crippen molar-refractivity contribution in [1.29, 1.82) is 0 Å². The van der Waals surface area contributed by atoms with Crippen molar-refractivity contribution in [2.75, 3.05) is 56.7 Å². The molecule has 2 aromatic rings. The first-order valence-corrected chi connectivity index (χ1v) is 10.6. The van der Waals surface area contributed by atoms with Crippen LogP contribution in [0.15, 0.2) is 36.4 Å². The van der Waals surface area contributed by atoms with Crippen molar-refractivity contribution >= 4 is 23.2 Å². The Hall–Kier alpha value is -3.04. The zero-order chi connectivity index (χ0) is 22.7. The van der Waals surface area contributed by atoms with Crippen LogP contribution in [0.25, 0.3) is 0 Å². The van der Waals surface area contributed by atoms with Crippen LogP contribution in [0.3, 0.4) is 0 Å². The molecule has 2 N–H and O–H groups in total. The smallest absolute Gasteiger partial charge is 0.313 e. The van der Waals surface area contributed by atoms with E-state index in [0.29, 0.717) is 13.2 Å². The van der Waals surface area contributed by atoms with E-state index in [1.165, 1.54) is 17.3 Å². The molecule has 4 rings (SSSR count). The maximum absolute atomic E-state index is 13.4. The van der Waals surface area contributed by atoms with Crippen LogP contribution in [0.4, 0.5) is 20.2 Å². The van der Waals surface area contributed by atoms with E-state index in [1.807, 2.05) is 0 Å².